The van der Waals surface area contributed by atoms with E-state index >= 15 is 0 Å². The van der Waals surface area contributed by atoms with Crippen LogP contribution in [0.5, 0.6) is 0 Å². The molecule has 83 valence electrons. The van der Waals surface area contributed by atoms with Gasteiger partial charge in [-0.05, 0) is 19.4 Å². The lowest BCUT2D eigenvalue weighted by Gasteiger charge is -2.28. The highest BCUT2D eigenvalue weighted by atomic mass is 19.4. The number of allylic oxidation sites excluding steroid dienone is 2. The maximum Gasteiger partial charge on any atom is 0.460 e. The van der Waals surface area contributed by atoms with E-state index in [1.54, 1.807) is 0 Å². The number of hydrogen-bond acceptors (Lipinski definition) is 0. The van der Waals surface area contributed by atoms with Gasteiger partial charge in [-0.1, -0.05) is 6.08 Å². The number of hydrogen-bond donors (Lipinski definition) is 0. The van der Waals surface area contributed by atoms with Crippen molar-refractivity contribution in [2.24, 2.45) is 0 Å². The fourth-order valence-corrected chi connectivity index (χ4v) is 0.554. The van der Waals surface area contributed by atoms with Crippen molar-refractivity contribution in [2.75, 3.05) is 0 Å². The standard InChI is InChI=1S/C7H6F7/c1-3-4(2)5(8,9)6(10,11)7(12,13)14/h3H,1H2,2H3. The van der Waals surface area contributed by atoms with Crippen LogP contribution >= 0.6 is 0 Å². The average Bonchev–Trinajstić information content (AvgIpc) is 2.00. The summed E-state index contributed by atoms with van der Waals surface area (Å²) in [6.07, 6.45) is -6.03. The van der Waals surface area contributed by atoms with Crippen molar-refractivity contribution in [3.63, 3.8) is 0 Å². The Balaban J connectivity index is 5.29. The van der Waals surface area contributed by atoms with Gasteiger partial charge in [0, 0.05) is 0 Å². The van der Waals surface area contributed by atoms with E-state index in [0.717, 1.165) is 0 Å². The highest BCUT2D eigenvalue weighted by Gasteiger charge is 2.73. The smallest absolute Gasteiger partial charge is 0.194 e. The Hall–Kier alpha value is -0.750. The minimum absolute atomic E-state index is 0.264. The molecule has 0 aromatic rings. The zero-order valence-electron chi connectivity index (χ0n) is 6.93. The topological polar surface area (TPSA) is 0 Å². The lowest BCUT2D eigenvalue weighted by molar-refractivity contribution is -0.344. The van der Waals surface area contributed by atoms with Gasteiger partial charge in [0.2, 0.25) is 0 Å². The second-order valence-electron chi connectivity index (χ2n) is 2.53. The molecule has 0 nitrogen and oxygen atoms in total. The fourth-order valence-electron chi connectivity index (χ4n) is 0.554. The van der Waals surface area contributed by atoms with Crippen LogP contribution in [0.15, 0.2) is 11.6 Å². The van der Waals surface area contributed by atoms with Crippen LogP contribution in [0.3, 0.4) is 0 Å². The van der Waals surface area contributed by atoms with Crippen molar-refractivity contribution in [3.05, 3.63) is 18.6 Å². The first-order valence-corrected chi connectivity index (χ1v) is 3.27. The Morgan fingerprint density at radius 1 is 1.00 bits per heavy atom. The fraction of sp³-hybridized carbons (Fsp3) is 0.571. The SMILES string of the molecule is [CH2]C=C(C)C(F)(F)C(F)(F)C(F)(F)F. The van der Waals surface area contributed by atoms with Crippen LogP contribution in [0.25, 0.3) is 0 Å². The lowest BCUT2D eigenvalue weighted by atomic mass is 10.0. The van der Waals surface area contributed by atoms with Gasteiger partial charge in [-0.25, -0.2) is 0 Å². The van der Waals surface area contributed by atoms with Gasteiger partial charge in [0.1, 0.15) is 0 Å². The molecule has 7 heteroatoms. The molecule has 0 saturated carbocycles. The van der Waals surface area contributed by atoms with Gasteiger partial charge in [0.25, 0.3) is 0 Å². The molecule has 0 unspecified atom stereocenters. The van der Waals surface area contributed by atoms with Crippen LogP contribution in [0.2, 0.25) is 0 Å². The summed E-state index contributed by atoms with van der Waals surface area (Å²) in [6.45, 7) is 3.16. The molecule has 0 saturated heterocycles. The van der Waals surface area contributed by atoms with Crippen molar-refractivity contribution in [3.8, 4) is 0 Å². The molecule has 0 aliphatic carbocycles. The lowest BCUT2D eigenvalue weighted by Crippen LogP contribution is -2.52. The molecule has 0 aliphatic heterocycles. The largest absolute Gasteiger partial charge is 0.460 e. The highest BCUT2D eigenvalue weighted by molar-refractivity contribution is 5.17. The molecule has 0 aromatic carbocycles. The summed E-state index contributed by atoms with van der Waals surface area (Å²) < 4.78 is 84.1. The van der Waals surface area contributed by atoms with Crippen molar-refractivity contribution in [1.29, 1.82) is 0 Å². The van der Waals surface area contributed by atoms with E-state index in [1.807, 2.05) is 0 Å². The van der Waals surface area contributed by atoms with Gasteiger partial charge in [0.15, 0.2) is 0 Å². The third-order valence-electron chi connectivity index (χ3n) is 1.55. The predicted octanol–water partition coefficient (Wildman–Crippen LogP) is 3.60. The maximum atomic E-state index is 12.5. The molecule has 0 rings (SSSR count). The Kier molecular flexibility index (Phi) is 3.25. The molecule has 0 aromatic heterocycles. The Morgan fingerprint density at radius 3 is 1.57 bits per heavy atom. The van der Waals surface area contributed by atoms with Crippen LogP contribution in [-0.2, 0) is 0 Å². The molecule has 0 aliphatic rings. The van der Waals surface area contributed by atoms with Crippen LogP contribution in [0, 0.1) is 6.92 Å². The van der Waals surface area contributed by atoms with E-state index in [4.69, 9.17) is 0 Å². The van der Waals surface area contributed by atoms with E-state index in [2.05, 4.69) is 6.92 Å². The summed E-state index contributed by atoms with van der Waals surface area (Å²) >= 11 is 0. The van der Waals surface area contributed by atoms with E-state index in [9.17, 15) is 30.7 Å². The quantitative estimate of drug-likeness (QED) is 0.627. The van der Waals surface area contributed by atoms with E-state index in [-0.39, 0.29) is 6.08 Å². The Bertz CT molecular complexity index is 235. The third kappa shape index (κ3) is 1.85. The van der Waals surface area contributed by atoms with Gasteiger partial charge < -0.3 is 0 Å². The van der Waals surface area contributed by atoms with Crippen molar-refractivity contribution in [1.82, 2.24) is 0 Å². The first-order valence-electron chi connectivity index (χ1n) is 3.27. The molecule has 0 amide bonds. The second kappa shape index (κ2) is 3.43. The first kappa shape index (κ1) is 13.2. The van der Waals surface area contributed by atoms with Crippen LogP contribution in [-0.4, -0.2) is 18.0 Å². The van der Waals surface area contributed by atoms with E-state index in [1.165, 1.54) is 0 Å². The molecule has 0 N–H and O–H groups in total. The van der Waals surface area contributed by atoms with E-state index in [0.29, 0.717) is 6.92 Å². The van der Waals surface area contributed by atoms with Crippen molar-refractivity contribution < 1.29 is 30.7 Å². The summed E-state index contributed by atoms with van der Waals surface area (Å²) in [4.78, 5) is 0. The van der Waals surface area contributed by atoms with Gasteiger partial charge >= 0.3 is 18.0 Å². The predicted molar refractivity (Wildman–Crippen MR) is 35.1 cm³/mol. The zero-order valence-corrected chi connectivity index (χ0v) is 6.93. The number of halogens is 7. The van der Waals surface area contributed by atoms with Crippen molar-refractivity contribution >= 4 is 0 Å². The minimum atomic E-state index is -6.29. The maximum absolute atomic E-state index is 12.5. The van der Waals surface area contributed by atoms with Gasteiger partial charge in [-0.3, -0.25) is 0 Å². The van der Waals surface area contributed by atoms with Crippen molar-refractivity contribution in [2.45, 2.75) is 24.9 Å². The summed E-state index contributed by atoms with van der Waals surface area (Å²) in [6, 6.07) is 0. The Morgan fingerprint density at radius 2 is 1.36 bits per heavy atom. The molecule has 14 heavy (non-hydrogen) atoms. The molecule has 0 heterocycles. The Labute approximate surface area is 75.4 Å². The zero-order chi connectivity index (χ0) is 11.8. The van der Waals surface area contributed by atoms with Gasteiger partial charge in [0.05, 0.1) is 0 Å². The van der Waals surface area contributed by atoms with Crippen LogP contribution in [0.1, 0.15) is 6.92 Å². The third-order valence-corrected chi connectivity index (χ3v) is 1.55. The minimum Gasteiger partial charge on any atom is -0.194 e. The normalized spacial score (nSPS) is 15.9. The summed E-state index contributed by atoms with van der Waals surface area (Å²) in [5.74, 6) is -11.4. The molecule has 0 fully saturated rings. The monoisotopic (exact) mass is 223 g/mol. The number of rotatable bonds is 2. The average molecular weight is 223 g/mol. The molecular formula is C7H6F7. The van der Waals surface area contributed by atoms with Crippen LogP contribution in [0.4, 0.5) is 30.7 Å². The summed E-state index contributed by atoms with van der Waals surface area (Å²) in [5, 5.41) is 0. The highest BCUT2D eigenvalue weighted by Crippen LogP contribution is 2.49. The molecule has 0 bridgehead atoms. The van der Waals surface area contributed by atoms with E-state index < -0.39 is 23.6 Å². The molecular weight excluding hydrogens is 217 g/mol. The molecule has 0 atom stereocenters. The first-order chi connectivity index (χ1) is 5.98. The number of alkyl halides is 7. The van der Waals surface area contributed by atoms with Crippen LogP contribution < -0.4 is 0 Å². The summed E-state index contributed by atoms with van der Waals surface area (Å²) in [5.41, 5.74) is -1.43. The van der Waals surface area contributed by atoms with Gasteiger partial charge in [-0.2, -0.15) is 30.7 Å². The molecule has 0 spiro atoms. The second-order valence-corrected chi connectivity index (χ2v) is 2.53. The van der Waals surface area contributed by atoms with Gasteiger partial charge in [-0.15, -0.1) is 0 Å². The summed E-state index contributed by atoms with van der Waals surface area (Å²) in [7, 11) is 0. The molecule has 1 radical (unpaired) electrons.